The lowest BCUT2D eigenvalue weighted by atomic mass is 10.1. The third-order valence-corrected chi connectivity index (χ3v) is 3.10. The minimum absolute atomic E-state index is 0.00503. The number of carbonyl (C=O) groups is 1. The van der Waals surface area contributed by atoms with E-state index in [2.05, 4.69) is 0 Å². The molecule has 1 heterocycles. The molecule has 0 saturated carbocycles. The van der Waals surface area contributed by atoms with Crippen molar-refractivity contribution in [2.75, 3.05) is 0 Å². The van der Waals surface area contributed by atoms with E-state index in [0.717, 1.165) is 0 Å². The Balaban J connectivity index is 2.19. The molecule has 0 aliphatic carbocycles. The molecule has 0 saturated heterocycles. The molecule has 0 N–H and O–H groups in total. The third kappa shape index (κ3) is 3.28. The highest BCUT2D eigenvalue weighted by Crippen LogP contribution is 2.09. The Morgan fingerprint density at radius 3 is 2.52 bits per heavy atom. The van der Waals surface area contributed by atoms with Crippen LogP contribution in [0.1, 0.15) is 21.6 Å². The normalized spacial score (nSPS) is 9.90. The van der Waals surface area contributed by atoms with Crippen LogP contribution in [-0.2, 0) is 6.54 Å². The van der Waals surface area contributed by atoms with Crippen LogP contribution >= 0.6 is 0 Å². The number of benzene rings is 1. The number of aryl methyl sites for hydroxylation is 1. The Morgan fingerprint density at radius 2 is 2.00 bits per heavy atom. The van der Waals surface area contributed by atoms with Gasteiger partial charge in [-0.1, -0.05) is 0 Å². The maximum atomic E-state index is 12.1. The molecule has 104 valence electrons. The van der Waals surface area contributed by atoms with E-state index < -0.39 is 4.92 Å². The molecule has 0 atom stereocenters. The fourth-order valence-electron chi connectivity index (χ4n) is 1.90. The van der Waals surface area contributed by atoms with Gasteiger partial charge in [0, 0.05) is 12.5 Å². The lowest BCUT2D eigenvalue weighted by Crippen LogP contribution is -2.40. The first-order valence-corrected chi connectivity index (χ1v) is 6.19. The van der Waals surface area contributed by atoms with Gasteiger partial charge in [0.25, 0.3) is 5.69 Å². The maximum Gasteiger partial charge on any atom is 0.281 e. The van der Waals surface area contributed by atoms with Crippen molar-refractivity contribution in [3.05, 3.63) is 69.5 Å². The van der Waals surface area contributed by atoms with Crippen molar-refractivity contribution in [2.45, 2.75) is 13.5 Å². The van der Waals surface area contributed by atoms with Crippen LogP contribution in [0, 0.1) is 28.4 Å². The average molecular weight is 282 g/mol. The highest BCUT2D eigenvalue weighted by Gasteiger charge is 2.17. The summed E-state index contributed by atoms with van der Waals surface area (Å²) in [6.45, 7) is 1.80. The molecule has 0 spiro atoms. The number of aromatic nitrogens is 1. The molecular formula is C15H12N3O3+. The van der Waals surface area contributed by atoms with Gasteiger partial charge in [0.05, 0.1) is 28.7 Å². The number of hydrogen-bond acceptors (Lipinski definition) is 4. The van der Waals surface area contributed by atoms with Gasteiger partial charge in [-0.3, -0.25) is 14.9 Å². The average Bonchev–Trinajstić information content (AvgIpc) is 2.49. The van der Waals surface area contributed by atoms with Gasteiger partial charge in [-0.05, 0) is 24.3 Å². The van der Waals surface area contributed by atoms with Gasteiger partial charge in [0.1, 0.15) is 0 Å². The minimum atomic E-state index is -0.472. The van der Waals surface area contributed by atoms with E-state index in [-0.39, 0.29) is 18.0 Å². The molecule has 0 unspecified atom stereocenters. The molecule has 6 heteroatoms. The summed E-state index contributed by atoms with van der Waals surface area (Å²) < 4.78 is 1.65. The van der Waals surface area contributed by atoms with E-state index in [9.17, 15) is 14.9 Å². The number of nitro groups is 1. The molecule has 2 rings (SSSR count). The maximum absolute atomic E-state index is 12.1. The first-order chi connectivity index (χ1) is 10.0. The summed E-state index contributed by atoms with van der Waals surface area (Å²) in [6.07, 6.45) is 1.52. The Kier molecular flexibility index (Phi) is 4.05. The van der Waals surface area contributed by atoms with Gasteiger partial charge in [-0.2, -0.15) is 9.83 Å². The predicted molar refractivity (Wildman–Crippen MR) is 73.5 cm³/mol. The van der Waals surface area contributed by atoms with Crippen LogP contribution in [0.4, 0.5) is 5.69 Å². The van der Waals surface area contributed by atoms with Crippen molar-refractivity contribution < 1.29 is 14.3 Å². The largest absolute Gasteiger partial charge is 0.287 e. The monoisotopic (exact) mass is 282 g/mol. The number of Topliss-reactive ketones (excluding diaryl/α,β-unsaturated/α-hetero) is 1. The van der Waals surface area contributed by atoms with Crippen LogP contribution in [0.3, 0.4) is 0 Å². The molecule has 6 nitrogen and oxygen atoms in total. The summed E-state index contributed by atoms with van der Waals surface area (Å²) in [5.41, 5.74) is 1.62. The molecule has 1 aromatic heterocycles. The quantitative estimate of drug-likeness (QED) is 0.371. The molecule has 0 aliphatic rings. The molecule has 1 aromatic carbocycles. The van der Waals surface area contributed by atoms with Crippen molar-refractivity contribution in [1.29, 1.82) is 5.26 Å². The van der Waals surface area contributed by atoms with Gasteiger partial charge in [-0.25, -0.2) is 0 Å². The second-order valence-corrected chi connectivity index (χ2v) is 4.52. The Labute approximate surface area is 121 Å². The van der Waals surface area contributed by atoms with E-state index in [1.54, 1.807) is 35.8 Å². The highest BCUT2D eigenvalue weighted by molar-refractivity contribution is 5.95. The lowest BCUT2D eigenvalue weighted by Gasteiger charge is -2.01. The van der Waals surface area contributed by atoms with Crippen molar-refractivity contribution in [3.63, 3.8) is 0 Å². The van der Waals surface area contributed by atoms with Crippen LogP contribution in [0.25, 0.3) is 0 Å². The second kappa shape index (κ2) is 5.92. The van der Waals surface area contributed by atoms with Crippen molar-refractivity contribution in [3.8, 4) is 6.07 Å². The van der Waals surface area contributed by atoms with Crippen LogP contribution in [0.2, 0.25) is 0 Å². The van der Waals surface area contributed by atoms with E-state index >= 15 is 0 Å². The fraction of sp³-hybridized carbons (Fsp3) is 0.133. The first-order valence-electron chi connectivity index (χ1n) is 6.19. The topological polar surface area (TPSA) is 87.9 Å². The number of carbonyl (C=O) groups excluding carboxylic acids is 1. The summed E-state index contributed by atoms with van der Waals surface area (Å²) in [5, 5.41) is 19.4. The Bertz CT molecular complexity index is 746. The molecule has 2 aromatic rings. The van der Waals surface area contributed by atoms with Gasteiger partial charge in [0.2, 0.25) is 12.3 Å². The standard InChI is InChI=1S/C15H12N3O3/c1-11-8-14(18(20)21)6-7-17(11)10-15(19)13-4-2-12(9-16)3-5-13/h2-8H,10H2,1H3/q+1. The van der Waals surface area contributed by atoms with Crippen molar-refractivity contribution >= 4 is 11.5 Å². The molecule has 0 bridgehead atoms. The van der Waals surface area contributed by atoms with Gasteiger partial charge >= 0.3 is 0 Å². The molecule has 0 fully saturated rings. The van der Waals surface area contributed by atoms with Crippen LogP contribution in [0.5, 0.6) is 0 Å². The summed E-state index contributed by atoms with van der Waals surface area (Å²) in [5.74, 6) is -0.124. The number of hydrogen-bond donors (Lipinski definition) is 0. The minimum Gasteiger partial charge on any atom is -0.287 e. The number of nitriles is 1. The lowest BCUT2D eigenvalue weighted by molar-refractivity contribution is -0.689. The number of rotatable bonds is 4. The Morgan fingerprint density at radius 1 is 1.33 bits per heavy atom. The summed E-state index contributed by atoms with van der Waals surface area (Å²) in [6, 6.07) is 11.1. The third-order valence-electron chi connectivity index (χ3n) is 3.10. The van der Waals surface area contributed by atoms with E-state index in [1.807, 2.05) is 6.07 Å². The molecule has 21 heavy (non-hydrogen) atoms. The number of nitrogens with zero attached hydrogens (tertiary/aromatic N) is 3. The molecule has 0 amide bonds. The van der Waals surface area contributed by atoms with Crippen LogP contribution in [0.15, 0.2) is 42.6 Å². The van der Waals surface area contributed by atoms with Crippen LogP contribution in [-0.4, -0.2) is 10.7 Å². The zero-order valence-electron chi connectivity index (χ0n) is 11.3. The van der Waals surface area contributed by atoms with E-state index in [0.29, 0.717) is 16.8 Å². The molecule has 0 aliphatic heterocycles. The summed E-state index contributed by atoms with van der Waals surface area (Å²) in [4.78, 5) is 22.3. The SMILES string of the molecule is Cc1cc([N+](=O)[O-])cc[n+]1CC(=O)c1ccc(C#N)cc1. The number of ketones is 1. The molecule has 0 radical (unpaired) electrons. The van der Waals surface area contributed by atoms with E-state index in [1.165, 1.54) is 18.3 Å². The highest BCUT2D eigenvalue weighted by atomic mass is 16.6. The first kappa shape index (κ1) is 14.3. The second-order valence-electron chi connectivity index (χ2n) is 4.52. The van der Waals surface area contributed by atoms with Crippen molar-refractivity contribution in [2.24, 2.45) is 0 Å². The van der Waals surface area contributed by atoms with E-state index in [4.69, 9.17) is 5.26 Å². The predicted octanol–water partition coefficient (Wildman–Crippen LogP) is 1.95. The van der Waals surface area contributed by atoms with Crippen LogP contribution < -0.4 is 4.57 Å². The van der Waals surface area contributed by atoms with Crippen molar-refractivity contribution in [1.82, 2.24) is 0 Å². The van der Waals surface area contributed by atoms with Gasteiger partial charge in [0.15, 0.2) is 11.9 Å². The summed E-state index contributed by atoms with van der Waals surface area (Å²) >= 11 is 0. The zero-order valence-corrected chi connectivity index (χ0v) is 11.3. The summed E-state index contributed by atoms with van der Waals surface area (Å²) in [7, 11) is 0. The Hall–Kier alpha value is -3.07. The van der Waals surface area contributed by atoms with Gasteiger partial charge in [-0.15, -0.1) is 0 Å². The zero-order chi connectivity index (χ0) is 15.4. The smallest absolute Gasteiger partial charge is 0.281 e. The number of pyridine rings is 1. The fourth-order valence-corrected chi connectivity index (χ4v) is 1.90. The van der Waals surface area contributed by atoms with Gasteiger partial charge < -0.3 is 0 Å². The molecular weight excluding hydrogens is 270 g/mol.